The van der Waals surface area contributed by atoms with Gasteiger partial charge >= 0.3 is 0 Å². The number of carbonyl (C=O) groups is 2. The van der Waals surface area contributed by atoms with Gasteiger partial charge in [-0.15, -0.1) is 0 Å². The van der Waals surface area contributed by atoms with Crippen LogP contribution < -0.4 is 5.56 Å². The summed E-state index contributed by atoms with van der Waals surface area (Å²) in [6.45, 7) is 0.458. The Balaban J connectivity index is 1.89. The van der Waals surface area contributed by atoms with Crippen LogP contribution in [0, 0.1) is 0 Å². The van der Waals surface area contributed by atoms with E-state index in [1.807, 2.05) is 6.07 Å². The number of likely N-dealkylation sites (tertiary alicyclic amines) is 1. The largest absolute Gasteiger partial charge is 0.347 e. The Hall–Kier alpha value is -2.70. The molecule has 0 bridgehead atoms. The predicted molar refractivity (Wildman–Crippen MR) is 89.4 cm³/mol. The van der Waals surface area contributed by atoms with Gasteiger partial charge in [0.1, 0.15) is 12.6 Å². The standard InChI is InChI=1S/C17H20N4O3/c1-19(2)17(24)14-8-5-9-20(14)16(23)11-21-13-7-4-3-6-12(13)18-10-15(21)22/h3-4,6-7,10,14H,5,8-9,11H2,1-2H3. The normalized spacial score (nSPS) is 17.2. The van der Waals surface area contributed by atoms with Gasteiger partial charge in [0.2, 0.25) is 11.8 Å². The fourth-order valence-corrected chi connectivity index (χ4v) is 3.12. The summed E-state index contributed by atoms with van der Waals surface area (Å²) in [4.78, 5) is 44.3. The number of para-hydroxylation sites is 2. The molecule has 1 aromatic carbocycles. The molecule has 1 saturated heterocycles. The van der Waals surface area contributed by atoms with Crippen LogP contribution in [0.2, 0.25) is 0 Å². The Kier molecular flexibility index (Phi) is 4.33. The first-order valence-electron chi connectivity index (χ1n) is 7.94. The van der Waals surface area contributed by atoms with Gasteiger partial charge in [-0.3, -0.25) is 19.0 Å². The first-order valence-corrected chi connectivity index (χ1v) is 7.94. The Morgan fingerprint density at radius 2 is 2.04 bits per heavy atom. The fourth-order valence-electron chi connectivity index (χ4n) is 3.12. The molecular formula is C17H20N4O3. The molecule has 1 fully saturated rings. The maximum absolute atomic E-state index is 12.7. The zero-order valence-corrected chi connectivity index (χ0v) is 13.8. The van der Waals surface area contributed by atoms with Crippen LogP contribution in [0.1, 0.15) is 12.8 Å². The second-order valence-electron chi connectivity index (χ2n) is 6.15. The van der Waals surface area contributed by atoms with Gasteiger partial charge in [0.25, 0.3) is 5.56 Å². The molecule has 1 aliphatic rings. The zero-order chi connectivity index (χ0) is 17.3. The van der Waals surface area contributed by atoms with Crippen molar-refractivity contribution in [1.82, 2.24) is 19.4 Å². The lowest BCUT2D eigenvalue weighted by atomic mass is 10.2. The molecule has 1 unspecified atom stereocenters. The van der Waals surface area contributed by atoms with E-state index in [0.29, 0.717) is 24.0 Å². The Morgan fingerprint density at radius 1 is 1.29 bits per heavy atom. The van der Waals surface area contributed by atoms with Gasteiger partial charge < -0.3 is 9.80 Å². The number of fused-ring (bicyclic) bond motifs is 1. The summed E-state index contributed by atoms with van der Waals surface area (Å²) >= 11 is 0. The van der Waals surface area contributed by atoms with Gasteiger partial charge in [-0.05, 0) is 25.0 Å². The van der Waals surface area contributed by atoms with Crippen LogP contribution in [0.15, 0.2) is 35.3 Å². The molecule has 0 saturated carbocycles. The SMILES string of the molecule is CN(C)C(=O)C1CCCN1C(=O)Cn1c(=O)cnc2ccccc21. The molecule has 2 amide bonds. The van der Waals surface area contributed by atoms with Crippen molar-refractivity contribution in [2.75, 3.05) is 20.6 Å². The third-order valence-corrected chi connectivity index (χ3v) is 4.34. The van der Waals surface area contributed by atoms with Gasteiger partial charge in [-0.1, -0.05) is 12.1 Å². The van der Waals surface area contributed by atoms with E-state index in [-0.39, 0.29) is 23.9 Å². The quantitative estimate of drug-likeness (QED) is 0.821. The third kappa shape index (κ3) is 2.89. The average Bonchev–Trinajstić information content (AvgIpc) is 3.06. The summed E-state index contributed by atoms with van der Waals surface area (Å²) in [5.74, 6) is -0.293. The molecule has 0 N–H and O–H groups in total. The lowest BCUT2D eigenvalue weighted by Gasteiger charge is -2.26. The highest BCUT2D eigenvalue weighted by Gasteiger charge is 2.34. The van der Waals surface area contributed by atoms with E-state index in [9.17, 15) is 14.4 Å². The van der Waals surface area contributed by atoms with E-state index >= 15 is 0 Å². The van der Waals surface area contributed by atoms with Crippen LogP contribution in [-0.4, -0.2) is 57.8 Å². The molecule has 0 radical (unpaired) electrons. The Labute approximate surface area is 139 Å². The summed E-state index contributed by atoms with van der Waals surface area (Å²) in [5.41, 5.74) is 0.956. The van der Waals surface area contributed by atoms with Crippen LogP contribution >= 0.6 is 0 Å². The topological polar surface area (TPSA) is 75.5 Å². The molecular weight excluding hydrogens is 308 g/mol. The van der Waals surface area contributed by atoms with E-state index in [2.05, 4.69) is 4.98 Å². The number of aromatic nitrogens is 2. The lowest BCUT2D eigenvalue weighted by molar-refractivity contribution is -0.142. The maximum atomic E-state index is 12.7. The number of hydrogen-bond acceptors (Lipinski definition) is 4. The maximum Gasteiger partial charge on any atom is 0.269 e. The van der Waals surface area contributed by atoms with Crippen molar-refractivity contribution in [2.45, 2.75) is 25.4 Å². The van der Waals surface area contributed by atoms with Gasteiger partial charge in [-0.25, -0.2) is 4.98 Å². The molecule has 2 heterocycles. The van der Waals surface area contributed by atoms with Crippen LogP contribution in [0.4, 0.5) is 0 Å². The van der Waals surface area contributed by atoms with Crippen molar-refractivity contribution in [3.8, 4) is 0 Å². The minimum atomic E-state index is -0.434. The minimum absolute atomic E-state index is 0.0761. The number of nitrogens with zero attached hydrogens (tertiary/aromatic N) is 4. The lowest BCUT2D eigenvalue weighted by Crippen LogP contribution is -2.47. The average molecular weight is 328 g/mol. The van der Waals surface area contributed by atoms with Crippen LogP contribution in [0.25, 0.3) is 11.0 Å². The predicted octanol–water partition coefficient (Wildman–Crippen LogP) is 0.476. The number of benzene rings is 1. The second kappa shape index (κ2) is 6.43. The van der Waals surface area contributed by atoms with Crippen molar-refractivity contribution in [3.05, 3.63) is 40.8 Å². The highest BCUT2D eigenvalue weighted by Crippen LogP contribution is 2.19. The van der Waals surface area contributed by atoms with Crippen LogP contribution in [-0.2, 0) is 16.1 Å². The molecule has 24 heavy (non-hydrogen) atoms. The molecule has 0 spiro atoms. The second-order valence-corrected chi connectivity index (χ2v) is 6.15. The first-order chi connectivity index (χ1) is 11.5. The van der Waals surface area contributed by atoms with Crippen LogP contribution in [0.3, 0.4) is 0 Å². The summed E-state index contributed by atoms with van der Waals surface area (Å²) in [6, 6.07) is 6.76. The number of amides is 2. The minimum Gasteiger partial charge on any atom is -0.347 e. The zero-order valence-electron chi connectivity index (χ0n) is 13.8. The molecule has 7 nitrogen and oxygen atoms in total. The molecule has 7 heteroatoms. The summed E-state index contributed by atoms with van der Waals surface area (Å²) in [7, 11) is 3.37. The Bertz CT molecular complexity index is 843. The van der Waals surface area contributed by atoms with Gasteiger partial charge in [0.15, 0.2) is 0 Å². The number of carbonyl (C=O) groups excluding carboxylic acids is 2. The monoisotopic (exact) mass is 328 g/mol. The van der Waals surface area contributed by atoms with E-state index in [1.165, 1.54) is 15.7 Å². The van der Waals surface area contributed by atoms with Crippen molar-refractivity contribution < 1.29 is 9.59 Å². The highest BCUT2D eigenvalue weighted by atomic mass is 16.2. The highest BCUT2D eigenvalue weighted by molar-refractivity contribution is 5.88. The van der Waals surface area contributed by atoms with Crippen molar-refractivity contribution in [3.63, 3.8) is 0 Å². The molecule has 1 atom stereocenters. The van der Waals surface area contributed by atoms with E-state index < -0.39 is 6.04 Å². The van der Waals surface area contributed by atoms with Gasteiger partial charge in [0.05, 0.1) is 17.2 Å². The summed E-state index contributed by atoms with van der Waals surface area (Å²) in [5, 5.41) is 0. The number of hydrogen-bond donors (Lipinski definition) is 0. The van der Waals surface area contributed by atoms with E-state index in [1.54, 1.807) is 37.2 Å². The Morgan fingerprint density at radius 3 is 2.79 bits per heavy atom. The van der Waals surface area contributed by atoms with E-state index in [0.717, 1.165) is 6.42 Å². The number of rotatable bonds is 3. The van der Waals surface area contributed by atoms with Crippen molar-refractivity contribution in [1.29, 1.82) is 0 Å². The molecule has 1 aromatic heterocycles. The fraction of sp³-hybridized carbons (Fsp3) is 0.412. The summed E-state index contributed by atoms with van der Waals surface area (Å²) < 4.78 is 1.42. The molecule has 3 rings (SSSR count). The van der Waals surface area contributed by atoms with E-state index in [4.69, 9.17) is 0 Å². The third-order valence-electron chi connectivity index (χ3n) is 4.34. The molecule has 0 aliphatic carbocycles. The van der Waals surface area contributed by atoms with Crippen molar-refractivity contribution in [2.24, 2.45) is 0 Å². The summed E-state index contributed by atoms with van der Waals surface area (Å²) in [6.07, 6.45) is 2.68. The first kappa shape index (κ1) is 16.2. The van der Waals surface area contributed by atoms with Crippen molar-refractivity contribution >= 4 is 22.8 Å². The molecule has 2 aromatic rings. The smallest absolute Gasteiger partial charge is 0.269 e. The number of likely N-dealkylation sites (N-methyl/N-ethyl adjacent to an activating group) is 1. The molecule has 126 valence electrons. The van der Waals surface area contributed by atoms with Gasteiger partial charge in [0, 0.05) is 20.6 Å². The van der Waals surface area contributed by atoms with Crippen LogP contribution in [0.5, 0.6) is 0 Å². The van der Waals surface area contributed by atoms with Gasteiger partial charge in [-0.2, -0.15) is 0 Å². The molecule has 1 aliphatic heterocycles.